The van der Waals surface area contributed by atoms with Crippen LogP contribution in [0.3, 0.4) is 0 Å². The van der Waals surface area contributed by atoms with Gasteiger partial charge < -0.3 is 5.11 Å². The Bertz CT molecular complexity index is 321. The number of carbonyl (C=O) groups is 1. The highest BCUT2D eigenvalue weighted by Crippen LogP contribution is 2.12. The van der Waals surface area contributed by atoms with Crippen molar-refractivity contribution in [2.24, 2.45) is 0 Å². The van der Waals surface area contributed by atoms with Gasteiger partial charge in [-0.2, -0.15) is 0 Å². The van der Waals surface area contributed by atoms with Gasteiger partial charge in [-0.1, -0.05) is 13.0 Å². The van der Waals surface area contributed by atoms with E-state index in [1.807, 2.05) is 0 Å². The van der Waals surface area contributed by atoms with Crippen LogP contribution < -0.4 is 0 Å². The normalized spacial score (nSPS) is 10.1. The van der Waals surface area contributed by atoms with Crippen molar-refractivity contribution in [3.05, 3.63) is 35.1 Å². The average molecular weight is 182 g/mol. The Balaban J connectivity index is 3.11. The molecule has 0 aliphatic rings. The van der Waals surface area contributed by atoms with Crippen molar-refractivity contribution in [2.75, 3.05) is 0 Å². The van der Waals surface area contributed by atoms with Gasteiger partial charge in [0.1, 0.15) is 5.82 Å². The molecule has 1 aromatic carbocycles. The Labute approximate surface area is 76.0 Å². The molecule has 1 aromatic rings. The predicted molar refractivity (Wildman–Crippen MR) is 46.9 cm³/mol. The minimum absolute atomic E-state index is 0.0639. The van der Waals surface area contributed by atoms with Crippen molar-refractivity contribution in [2.45, 2.75) is 20.0 Å². The second kappa shape index (κ2) is 4.14. The summed E-state index contributed by atoms with van der Waals surface area (Å²) >= 11 is 0. The van der Waals surface area contributed by atoms with Crippen LogP contribution in [0.1, 0.15) is 29.3 Å². The third-order valence-corrected chi connectivity index (χ3v) is 1.83. The molecule has 0 radical (unpaired) electrons. The lowest BCUT2D eigenvalue weighted by Crippen LogP contribution is -2.01. The highest BCUT2D eigenvalue weighted by molar-refractivity contribution is 5.96. The van der Waals surface area contributed by atoms with Gasteiger partial charge in [0.2, 0.25) is 0 Å². The van der Waals surface area contributed by atoms with Gasteiger partial charge in [0.25, 0.3) is 0 Å². The van der Waals surface area contributed by atoms with Gasteiger partial charge in [0.15, 0.2) is 5.78 Å². The van der Waals surface area contributed by atoms with Crippen LogP contribution in [0.4, 0.5) is 4.39 Å². The third kappa shape index (κ3) is 2.12. The molecule has 0 spiro atoms. The summed E-state index contributed by atoms with van der Waals surface area (Å²) in [7, 11) is 0. The van der Waals surface area contributed by atoms with Gasteiger partial charge in [0.05, 0.1) is 12.2 Å². The highest BCUT2D eigenvalue weighted by atomic mass is 19.1. The number of hydrogen-bond donors (Lipinski definition) is 1. The molecular formula is C10H11FO2. The largest absolute Gasteiger partial charge is 0.392 e. The summed E-state index contributed by atoms with van der Waals surface area (Å²) in [6.07, 6.45) is 0.270. The molecule has 0 unspecified atom stereocenters. The van der Waals surface area contributed by atoms with E-state index in [1.54, 1.807) is 6.92 Å². The molecule has 0 fully saturated rings. The molecule has 0 aliphatic carbocycles. The van der Waals surface area contributed by atoms with Crippen molar-refractivity contribution in [1.82, 2.24) is 0 Å². The molecule has 0 saturated heterocycles. The topological polar surface area (TPSA) is 37.3 Å². The maximum Gasteiger partial charge on any atom is 0.165 e. The number of Topliss-reactive ketones (excluding diaryl/α,β-unsaturated/α-hetero) is 1. The van der Waals surface area contributed by atoms with E-state index in [4.69, 9.17) is 5.11 Å². The van der Waals surface area contributed by atoms with E-state index in [0.717, 1.165) is 0 Å². The minimum Gasteiger partial charge on any atom is -0.392 e. The minimum atomic E-state index is -0.524. The van der Waals surface area contributed by atoms with Gasteiger partial charge in [-0.25, -0.2) is 4.39 Å². The van der Waals surface area contributed by atoms with Crippen LogP contribution in [-0.4, -0.2) is 10.9 Å². The third-order valence-electron chi connectivity index (χ3n) is 1.83. The highest BCUT2D eigenvalue weighted by Gasteiger charge is 2.09. The molecule has 70 valence electrons. The zero-order chi connectivity index (χ0) is 9.84. The number of carbonyl (C=O) groups excluding carboxylic acids is 1. The number of aliphatic hydroxyl groups is 1. The van der Waals surface area contributed by atoms with E-state index < -0.39 is 5.82 Å². The zero-order valence-electron chi connectivity index (χ0n) is 7.38. The zero-order valence-corrected chi connectivity index (χ0v) is 7.38. The van der Waals surface area contributed by atoms with Crippen LogP contribution in [0, 0.1) is 5.82 Å². The summed E-state index contributed by atoms with van der Waals surface area (Å²) in [4.78, 5) is 11.2. The summed E-state index contributed by atoms with van der Waals surface area (Å²) in [5.41, 5.74) is 0.618. The first-order valence-electron chi connectivity index (χ1n) is 4.11. The number of rotatable bonds is 3. The molecule has 13 heavy (non-hydrogen) atoms. The van der Waals surface area contributed by atoms with Crippen LogP contribution in [-0.2, 0) is 6.61 Å². The van der Waals surface area contributed by atoms with E-state index in [9.17, 15) is 9.18 Å². The maximum absolute atomic E-state index is 13.0. The molecule has 0 saturated carbocycles. The van der Waals surface area contributed by atoms with Crippen molar-refractivity contribution >= 4 is 5.78 Å². The predicted octanol–water partition coefficient (Wildman–Crippen LogP) is 1.91. The summed E-state index contributed by atoms with van der Waals surface area (Å²) in [5.74, 6) is -0.767. The van der Waals surface area contributed by atoms with Crippen molar-refractivity contribution < 1.29 is 14.3 Å². The van der Waals surface area contributed by atoms with Gasteiger partial charge in [-0.3, -0.25) is 4.79 Å². The van der Waals surface area contributed by atoms with Crippen LogP contribution >= 0.6 is 0 Å². The number of ketones is 1. The van der Waals surface area contributed by atoms with Crippen molar-refractivity contribution in [3.8, 4) is 0 Å². The second-order valence-electron chi connectivity index (χ2n) is 2.75. The molecular weight excluding hydrogens is 171 g/mol. The van der Waals surface area contributed by atoms with Crippen LogP contribution in [0.25, 0.3) is 0 Å². The van der Waals surface area contributed by atoms with Gasteiger partial charge in [-0.15, -0.1) is 0 Å². The van der Waals surface area contributed by atoms with Gasteiger partial charge in [-0.05, 0) is 17.7 Å². The van der Waals surface area contributed by atoms with E-state index in [1.165, 1.54) is 18.2 Å². The Morgan fingerprint density at radius 1 is 1.54 bits per heavy atom. The number of hydrogen-bond acceptors (Lipinski definition) is 2. The quantitative estimate of drug-likeness (QED) is 0.725. The Morgan fingerprint density at radius 3 is 2.77 bits per heavy atom. The van der Waals surface area contributed by atoms with Crippen molar-refractivity contribution in [1.29, 1.82) is 0 Å². The lowest BCUT2D eigenvalue weighted by Gasteiger charge is -2.02. The summed E-state index contributed by atoms with van der Waals surface area (Å²) in [6.45, 7) is 1.50. The fourth-order valence-corrected chi connectivity index (χ4v) is 1.07. The lowest BCUT2D eigenvalue weighted by molar-refractivity contribution is 0.0984. The monoisotopic (exact) mass is 182 g/mol. The van der Waals surface area contributed by atoms with Crippen LogP contribution in [0.5, 0.6) is 0 Å². The molecule has 3 heteroatoms. The Morgan fingerprint density at radius 2 is 2.23 bits per heavy atom. The SMILES string of the molecule is CCC(=O)c1cc(CO)ccc1F. The molecule has 1 rings (SSSR count). The molecule has 0 aromatic heterocycles. The summed E-state index contributed by atoms with van der Waals surface area (Å²) in [6, 6.07) is 4.05. The fourth-order valence-electron chi connectivity index (χ4n) is 1.07. The van der Waals surface area contributed by atoms with E-state index in [0.29, 0.717) is 5.56 Å². The maximum atomic E-state index is 13.0. The number of halogens is 1. The molecule has 0 aliphatic heterocycles. The summed E-state index contributed by atoms with van der Waals surface area (Å²) in [5, 5.41) is 8.77. The van der Waals surface area contributed by atoms with Crippen LogP contribution in [0.15, 0.2) is 18.2 Å². The lowest BCUT2D eigenvalue weighted by atomic mass is 10.1. The molecule has 0 heterocycles. The Hall–Kier alpha value is -1.22. The van der Waals surface area contributed by atoms with Gasteiger partial charge >= 0.3 is 0 Å². The molecule has 0 bridgehead atoms. The molecule has 0 amide bonds. The fraction of sp³-hybridized carbons (Fsp3) is 0.300. The van der Waals surface area contributed by atoms with E-state index in [-0.39, 0.29) is 24.4 Å². The van der Waals surface area contributed by atoms with Gasteiger partial charge in [0, 0.05) is 6.42 Å². The first-order chi connectivity index (χ1) is 6.19. The summed E-state index contributed by atoms with van der Waals surface area (Å²) < 4.78 is 13.0. The Kier molecular flexibility index (Phi) is 3.14. The first-order valence-corrected chi connectivity index (χ1v) is 4.11. The standard InChI is InChI=1S/C10H11FO2/c1-2-10(13)8-5-7(6-12)3-4-9(8)11/h3-5,12H,2,6H2,1H3. The first kappa shape index (κ1) is 9.86. The molecule has 1 N–H and O–H groups in total. The molecule has 0 atom stereocenters. The number of aliphatic hydroxyl groups excluding tert-OH is 1. The van der Waals surface area contributed by atoms with Crippen molar-refractivity contribution in [3.63, 3.8) is 0 Å². The smallest absolute Gasteiger partial charge is 0.165 e. The number of benzene rings is 1. The van der Waals surface area contributed by atoms with Crippen LogP contribution in [0.2, 0.25) is 0 Å². The molecule has 2 nitrogen and oxygen atoms in total. The average Bonchev–Trinajstić information content (AvgIpc) is 2.17. The second-order valence-corrected chi connectivity index (χ2v) is 2.75. The van der Waals surface area contributed by atoms with E-state index >= 15 is 0 Å². The van der Waals surface area contributed by atoms with E-state index in [2.05, 4.69) is 0 Å².